The fourth-order valence-corrected chi connectivity index (χ4v) is 4.96. The second-order valence-corrected chi connectivity index (χ2v) is 7.76. The summed E-state index contributed by atoms with van der Waals surface area (Å²) in [5.41, 5.74) is 1.66. The molecule has 5 heteroatoms. The number of aliphatic hydroxyl groups is 1. The maximum absolute atomic E-state index is 11.2. The van der Waals surface area contributed by atoms with Crippen LogP contribution in [0.15, 0.2) is 24.3 Å². The van der Waals surface area contributed by atoms with E-state index in [1.165, 1.54) is 12.8 Å². The smallest absolute Gasteiger partial charge is 0.130 e. The van der Waals surface area contributed by atoms with Gasteiger partial charge in [0.15, 0.2) is 0 Å². The molecule has 2 aromatic rings. The van der Waals surface area contributed by atoms with E-state index in [-0.39, 0.29) is 6.04 Å². The van der Waals surface area contributed by atoms with Crippen LogP contribution in [0.1, 0.15) is 37.9 Å². The van der Waals surface area contributed by atoms with Crippen LogP contribution in [-0.2, 0) is 0 Å². The van der Waals surface area contributed by atoms with Crippen LogP contribution < -0.4 is 4.74 Å². The van der Waals surface area contributed by atoms with Crippen molar-refractivity contribution in [3.8, 4) is 5.75 Å². The van der Waals surface area contributed by atoms with E-state index in [0.29, 0.717) is 5.15 Å². The van der Waals surface area contributed by atoms with Crippen molar-refractivity contribution in [3.05, 3.63) is 35.0 Å². The van der Waals surface area contributed by atoms with Crippen molar-refractivity contribution in [1.82, 2.24) is 9.88 Å². The van der Waals surface area contributed by atoms with Crippen molar-refractivity contribution in [3.63, 3.8) is 0 Å². The molecule has 1 N–H and O–H groups in total. The lowest BCUT2D eigenvalue weighted by molar-refractivity contribution is -0.0562. The third-order valence-corrected chi connectivity index (χ3v) is 6.35. The van der Waals surface area contributed by atoms with Gasteiger partial charge in [0.2, 0.25) is 0 Å². The second kappa shape index (κ2) is 6.75. The molecule has 5 rings (SSSR count). The van der Waals surface area contributed by atoms with Gasteiger partial charge in [-0.25, -0.2) is 4.98 Å². The van der Waals surface area contributed by atoms with Gasteiger partial charge in [0.05, 0.1) is 18.7 Å². The average molecular weight is 361 g/mol. The summed E-state index contributed by atoms with van der Waals surface area (Å²) < 4.78 is 5.36. The highest BCUT2D eigenvalue weighted by molar-refractivity contribution is 6.30. The number of nitrogens with zero attached hydrogens (tertiary/aromatic N) is 2. The summed E-state index contributed by atoms with van der Waals surface area (Å²) in [7, 11) is 1.65. The number of rotatable bonds is 4. The van der Waals surface area contributed by atoms with E-state index in [0.717, 1.165) is 53.6 Å². The summed E-state index contributed by atoms with van der Waals surface area (Å²) in [5.74, 6) is 2.27. The monoisotopic (exact) mass is 360 g/mol. The van der Waals surface area contributed by atoms with E-state index in [1.807, 2.05) is 24.3 Å². The number of aliphatic hydroxyl groups excluding tert-OH is 1. The van der Waals surface area contributed by atoms with Crippen LogP contribution in [-0.4, -0.2) is 41.2 Å². The number of benzene rings is 1. The zero-order valence-corrected chi connectivity index (χ0v) is 15.5. The molecule has 0 radical (unpaired) electrons. The van der Waals surface area contributed by atoms with E-state index in [1.54, 1.807) is 7.11 Å². The lowest BCUT2D eigenvalue weighted by atomic mass is 9.72. The molecular weight excluding hydrogens is 336 g/mol. The molecule has 0 saturated carbocycles. The summed E-state index contributed by atoms with van der Waals surface area (Å²) in [5, 5.41) is 12.6. The lowest BCUT2D eigenvalue weighted by Gasteiger charge is -2.51. The number of halogens is 1. The fourth-order valence-electron chi connectivity index (χ4n) is 4.75. The maximum atomic E-state index is 11.2. The molecule has 25 heavy (non-hydrogen) atoms. The number of methoxy groups -OCH3 is 1. The van der Waals surface area contributed by atoms with E-state index in [4.69, 9.17) is 16.3 Å². The molecule has 1 unspecified atom stereocenters. The summed E-state index contributed by atoms with van der Waals surface area (Å²) in [6, 6.07) is 7.70. The Kier molecular flexibility index (Phi) is 4.61. The van der Waals surface area contributed by atoms with Crippen LogP contribution in [0.2, 0.25) is 5.15 Å². The van der Waals surface area contributed by atoms with Gasteiger partial charge < -0.3 is 9.84 Å². The molecule has 1 aromatic carbocycles. The zero-order chi connectivity index (χ0) is 17.6. The van der Waals surface area contributed by atoms with E-state index in [9.17, 15) is 5.11 Å². The minimum Gasteiger partial charge on any atom is -0.497 e. The quantitative estimate of drug-likeness (QED) is 0.835. The molecular formula is C20H25ClN2O2. The van der Waals surface area contributed by atoms with Crippen LogP contribution in [0.25, 0.3) is 10.9 Å². The first-order valence-electron chi connectivity index (χ1n) is 9.17. The molecule has 3 saturated heterocycles. The van der Waals surface area contributed by atoms with Crippen LogP contribution in [0, 0.1) is 11.8 Å². The minimum absolute atomic E-state index is 0.161. The van der Waals surface area contributed by atoms with E-state index in [2.05, 4.69) is 16.8 Å². The third kappa shape index (κ3) is 3.01. The highest BCUT2D eigenvalue weighted by Gasteiger charge is 2.42. The largest absolute Gasteiger partial charge is 0.497 e. The summed E-state index contributed by atoms with van der Waals surface area (Å²) in [4.78, 5) is 6.87. The van der Waals surface area contributed by atoms with Gasteiger partial charge in [-0.15, -0.1) is 0 Å². The Morgan fingerprint density at radius 1 is 1.40 bits per heavy atom. The highest BCUT2D eigenvalue weighted by atomic mass is 35.5. The predicted octanol–water partition coefficient (Wildman–Crippen LogP) is 4.05. The van der Waals surface area contributed by atoms with Crippen molar-refractivity contribution >= 4 is 22.5 Å². The van der Waals surface area contributed by atoms with Gasteiger partial charge in [-0.1, -0.05) is 24.9 Å². The number of ether oxygens (including phenoxy) is 1. The van der Waals surface area contributed by atoms with Crippen LogP contribution in [0.5, 0.6) is 5.75 Å². The topological polar surface area (TPSA) is 45.6 Å². The second-order valence-electron chi connectivity index (χ2n) is 7.38. The highest BCUT2D eigenvalue weighted by Crippen LogP contribution is 2.43. The molecule has 4 nitrogen and oxygen atoms in total. The molecule has 3 fully saturated rings. The molecule has 1 aromatic heterocycles. The first-order chi connectivity index (χ1) is 12.1. The molecule has 0 aliphatic carbocycles. The number of piperidine rings is 3. The summed E-state index contributed by atoms with van der Waals surface area (Å²) in [6.07, 6.45) is 2.99. The number of fused-ring (bicyclic) bond motifs is 4. The molecule has 3 aliphatic rings. The van der Waals surface area contributed by atoms with Crippen molar-refractivity contribution in [2.24, 2.45) is 11.8 Å². The molecule has 134 valence electrons. The number of pyridine rings is 1. The molecule has 0 spiro atoms. The molecule has 0 amide bonds. The van der Waals surface area contributed by atoms with Gasteiger partial charge in [-0.05, 0) is 61.1 Å². The fraction of sp³-hybridized carbons (Fsp3) is 0.550. The Morgan fingerprint density at radius 2 is 2.24 bits per heavy atom. The van der Waals surface area contributed by atoms with Gasteiger partial charge in [0, 0.05) is 18.0 Å². The van der Waals surface area contributed by atoms with E-state index >= 15 is 0 Å². The maximum Gasteiger partial charge on any atom is 0.130 e. The summed E-state index contributed by atoms with van der Waals surface area (Å²) >= 11 is 6.24. The van der Waals surface area contributed by atoms with Crippen molar-refractivity contribution in [1.29, 1.82) is 0 Å². The Bertz CT molecular complexity index is 782. The molecule has 3 aliphatic heterocycles. The minimum atomic E-state index is -0.560. The van der Waals surface area contributed by atoms with Crippen molar-refractivity contribution in [2.45, 2.75) is 38.3 Å². The predicted molar refractivity (Wildman–Crippen MR) is 100 cm³/mol. The van der Waals surface area contributed by atoms with E-state index < -0.39 is 6.10 Å². The van der Waals surface area contributed by atoms with Crippen molar-refractivity contribution in [2.75, 3.05) is 20.2 Å². The average Bonchev–Trinajstić information content (AvgIpc) is 2.66. The molecule has 4 heterocycles. The van der Waals surface area contributed by atoms with Gasteiger partial charge >= 0.3 is 0 Å². The normalized spacial score (nSPS) is 29.8. The Morgan fingerprint density at radius 3 is 2.92 bits per heavy atom. The standard InChI is InChI=1S/C20H25ClN2O2/c1-3-12-11-23-7-6-13(12)8-18(23)20(24)16-10-19(21)22-17-5-4-14(25-2)9-15(16)17/h4-5,9-10,12-13,18,20,24H,3,6-8,11H2,1-2H3/t12-,13+,18-,20+/m0/s1. The van der Waals surface area contributed by atoms with Gasteiger partial charge in [0.1, 0.15) is 10.9 Å². The number of hydrogen-bond acceptors (Lipinski definition) is 4. The summed E-state index contributed by atoms with van der Waals surface area (Å²) in [6.45, 7) is 4.46. The van der Waals surface area contributed by atoms with Gasteiger partial charge in [-0.2, -0.15) is 0 Å². The van der Waals surface area contributed by atoms with Crippen LogP contribution in [0.4, 0.5) is 0 Å². The lowest BCUT2D eigenvalue weighted by Crippen LogP contribution is -2.55. The zero-order valence-electron chi connectivity index (χ0n) is 14.8. The SMILES string of the molecule is CC[C@H]1CN2CC[C@@H]1C[C@H]2[C@H](O)c1cc(Cl)nc2ccc(OC)cc12. The Hall–Kier alpha value is -1.36. The Balaban J connectivity index is 1.71. The van der Waals surface area contributed by atoms with Crippen LogP contribution >= 0.6 is 11.6 Å². The first-order valence-corrected chi connectivity index (χ1v) is 9.54. The van der Waals surface area contributed by atoms with Crippen LogP contribution in [0.3, 0.4) is 0 Å². The molecule has 2 bridgehead atoms. The molecule has 5 atom stereocenters. The van der Waals surface area contributed by atoms with Crippen molar-refractivity contribution < 1.29 is 9.84 Å². The number of aromatic nitrogens is 1. The third-order valence-electron chi connectivity index (χ3n) is 6.16. The number of hydrogen-bond donors (Lipinski definition) is 1. The Labute approximate surface area is 153 Å². The first kappa shape index (κ1) is 17.1. The van der Waals surface area contributed by atoms with Gasteiger partial charge in [-0.3, -0.25) is 4.90 Å². The van der Waals surface area contributed by atoms with Gasteiger partial charge in [0.25, 0.3) is 0 Å².